The number of carboxylic acids is 1. The van der Waals surface area contributed by atoms with E-state index in [1.54, 1.807) is 13.2 Å². The molecule has 2 atom stereocenters. The van der Waals surface area contributed by atoms with Gasteiger partial charge in [0, 0.05) is 19.0 Å². The number of hydrogen-bond donors (Lipinski definition) is 1. The molecule has 2 aromatic rings. The summed E-state index contributed by atoms with van der Waals surface area (Å²) in [4.78, 5) is 14.1. The monoisotopic (exact) mass is 381 g/mol. The average molecular weight is 381 g/mol. The predicted molar refractivity (Wildman–Crippen MR) is 109 cm³/mol. The van der Waals surface area contributed by atoms with Gasteiger partial charge < -0.3 is 14.6 Å². The molecular weight excluding hydrogens is 354 g/mol. The first kappa shape index (κ1) is 20.0. The molecule has 1 fully saturated rings. The fourth-order valence-corrected chi connectivity index (χ4v) is 3.82. The highest BCUT2D eigenvalue weighted by molar-refractivity contribution is 5.75. The molecule has 3 rings (SSSR count). The summed E-state index contributed by atoms with van der Waals surface area (Å²) in [7, 11) is 1.59. The van der Waals surface area contributed by atoms with Crippen LogP contribution in [0, 0.1) is 6.92 Å². The molecule has 0 aliphatic carbocycles. The molecule has 1 unspecified atom stereocenters. The van der Waals surface area contributed by atoms with Crippen molar-refractivity contribution in [1.29, 1.82) is 0 Å². The van der Waals surface area contributed by atoms with E-state index in [-0.39, 0.29) is 5.92 Å². The minimum atomic E-state index is -0.791. The maximum atomic E-state index is 12.1. The van der Waals surface area contributed by atoms with E-state index in [2.05, 4.69) is 30.8 Å². The number of carboxylic acid groups (broad SMARTS) is 1. The second kappa shape index (κ2) is 8.93. The molecule has 0 spiro atoms. The van der Waals surface area contributed by atoms with Crippen molar-refractivity contribution in [2.24, 2.45) is 0 Å². The first-order valence-corrected chi connectivity index (χ1v) is 9.47. The highest BCUT2D eigenvalue weighted by Gasteiger charge is 2.40. The number of likely N-dealkylation sites (tertiary alicyclic amines) is 1. The van der Waals surface area contributed by atoms with Gasteiger partial charge in [0.15, 0.2) is 11.5 Å². The Morgan fingerprint density at radius 1 is 1.25 bits per heavy atom. The fraction of sp³-hybridized carbons (Fsp3) is 0.348. The van der Waals surface area contributed by atoms with E-state index in [1.807, 2.05) is 30.0 Å². The van der Waals surface area contributed by atoms with Crippen molar-refractivity contribution in [3.63, 3.8) is 0 Å². The molecule has 1 aliphatic heterocycles. The Bertz CT molecular complexity index is 831. The minimum Gasteiger partial charge on any atom is -0.493 e. The van der Waals surface area contributed by atoms with Crippen LogP contribution in [0.4, 0.5) is 0 Å². The summed E-state index contributed by atoms with van der Waals surface area (Å²) in [5, 5.41) is 9.93. The number of aliphatic carboxylic acids is 1. The molecule has 5 nitrogen and oxygen atoms in total. The number of hydrogen-bond acceptors (Lipinski definition) is 4. The molecule has 1 N–H and O–H groups in total. The maximum Gasteiger partial charge on any atom is 0.321 e. The SMILES string of the molecule is C=CCOc1ccc(C2CCN(Cc3ccc(C)cc3)[C@@H]2C(=O)O)cc1OC. The molecule has 0 saturated carbocycles. The van der Waals surface area contributed by atoms with Gasteiger partial charge in [0.2, 0.25) is 0 Å². The van der Waals surface area contributed by atoms with E-state index in [0.717, 1.165) is 24.1 Å². The number of methoxy groups -OCH3 is 1. The van der Waals surface area contributed by atoms with Gasteiger partial charge in [-0.2, -0.15) is 0 Å². The van der Waals surface area contributed by atoms with Crippen molar-refractivity contribution in [3.05, 3.63) is 71.8 Å². The van der Waals surface area contributed by atoms with Crippen LogP contribution in [0.15, 0.2) is 55.1 Å². The van der Waals surface area contributed by atoms with Crippen molar-refractivity contribution >= 4 is 5.97 Å². The van der Waals surface area contributed by atoms with Gasteiger partial charge in [0.05, 0.1) is 7.11 Å². The lowest BCUT2D eigenvalue weighted by molar-refractivity contribution is -0.142. The van der Waals surface area contributed by atoms with Crippen molar-refractivity contribution in [1.82, 2.24) is 4.90 Å². The van der Waals surface area contributed by atoms with Gasteiger partial charge in [0.1, 0.15) is 12.6 Å². The van der Waals surface area contributed by atoms with Crippen molar-refractivity contribution in [2.75, 3.05) is 20.3 Å². The summed E-state index contributed by atoms with van der Waals surface area (Å²) < 4.78 is 11.1. The van der Waals surface area contributed by atoms with E-state index in [0.29, 0.717) is 24.7 Å². The van der Waals surface area contributed by atoms with Crippen LogP contribution in [0.25, 0.3) is 0 Å². The Kier molecular flexibility index (Phi) is 6.37. The molecule has 2 aromatic carbocycles. The Labute approximate surface area is 166 Å². The molecule has 0 amide bonds. The van der Waals surface area contributed by atoms with Crippen LogP contribution < -0.4 is 9.47 Å². The molecule has 0 bridgehead atoms. The number of carbonyl (C=O) groups is 1. The molecule has 1 heterocycles. The third-order valence-corrected chi connectivity index (χ3v) is 5.23. The highest BCUT2D eigenvalue weighted by Crippen LogP contribution is 2.38. The Hall–Kier alpha value is -2.79. The van der Waals surface area contributed by atoms with Crippen LogP contribution in [0.5, 0.6) is 11.5 Å². The van der Waals surface area contributed by atoms with E-state index < -0.39 is 12.0 Å². The number of nitrogens with zero attached hydrogens (tertiary/aromatic N) is 1. The Balaban J connectivity index is 1.82. The van der Waals surface area contributed by atoms with E-state index in [1.165, 1.54) is 5.56 Å². The van der Waals surface area contributed by atoms with Crippen LogP contribution in [0.3, 0.4) is 0 Å². The number of benzene rings is 2. The topological polar surface area (TPSA) is 59.0 Å². The van der Waals surface area contributed by atoms with Gasteiger partial charge in [-0.05, 0) is 36.6 Å². The summed E-state index contributed by atoms with van der Waals surface area (Å²) in [6.45, 7) is 7.46. The third-order valence-electron chi connectivity index (χ3n) is 5.23. The second-order valence-corrected chi connectivity index (χ2v) is 7.14. The fourth-order valence-electron chi connectivity index (χ4n) is 3.82. The zero-order valence-corrected chi connectivity index (χ0v) is 16.4. The van der Waals surface area contributed by atoms with Crippen LogP contribution >= 0.6 is 0 Å². The lowest BCUT2D eigenvalue weighted by Gasteiger charge is -2.25. The van der Waals surface area contributed by atoms with Crippen molar-refractivity contribution < 1.29 is 19.4 Å². The molecule has 5 heteroatoms. The number of aryl methyl sites for hydroxylation is 1. The number of rotatable bonds is 8. The predicted octanol–water partition coefficient (Wildman–Crippen LogP) is 4.01. The zero-order valence-electron chi connectivity index (χ0n) is 16.4. The van der Waals surface area contributed by atoms with Gasteiger partial charge in [-0.1, -0.05) is 48.6 Å². The van der Waals surface area contributed by atoms with Crippen molar-refractivity contribution in [2.45, 2.75) is 31.8 Å². The smallest absolute Gasteiger partial charge is 0.321 e. The number of ether oxygens (including phenoxy) is 2. The molecule has 1 aliphatic rings. The molecule has 148 valence electrons. The summed E-state index contributed by atoms with van der Waals surface area (Å²) in [6, 6.07) is 13.4. The van der Waals surface area contributed by atoms with Crippen LogP contribution in [0.2, 0.25) is 0 Å². The normalized spacial score (nSPS) is 19.4. The summed E-state index contributed by atoms with van der Waals surface area (Å²) in [6.07, 6.45) is 2.46. The van der Waals surface area contributed by atoms with Crippen LogP contribution in [-0.4, -0.2) is 42.3 Å². The quantitative estimate of drug-likeness (QED) is 0.700. The minimum absolute atomic E-state index is 0.0923. The molecule has 1 saturated heterocycles. The van der Waals surface area contributed by atoms with Gasteiger partial charge in [0.25, 0.3) is 0 Å². The standard InChI is InChI=1S/C23H27NO4/c1-4-13-28-20-10-9-18(14-21(20)27-3)19-11-12-24(22(19)23(25)26)15-17-7-5-16(2)6-8-17/h4-10,14,19,22H,1,11-13,15H2,2-3H3,(H,25,26)/t19?,22-/m0/s1. The van der Waals surface area contributed by atoms with E-state index in [9.17, 15) is 9.90 Å². The first-order chi connectivity index (χ1) is 13.5. The summed E-state index contributed by atoms with van der Waals surface area (Å²) >= 11 is 0. The summed E-state index contributed by atoms with van der Waals surface area (Å²) in [5.74, 6) is 0.360. The summed E-state index contributed by atoms with van der Waals surface area (Å²) in [5.41, 5.74) is 3.29. The van der Waals surface area contributed by atoms with Gasteiger partial charge in [-0.25, -0.2) is 0 Å². The second-order valence-electron chi connectivity index (χ2n) is 7.14. The highest BCUT2D eigenvalue weighted by atomic mass is 16.5. The molecule has 0 aromatic heterocycles. The molecule has 28 heavy (non-hydrogen) atoms. The van der Waals surface area contributed by atoms with E-state index in [4.69, 9.17) is 9.47 Å². The molecule has 0 radical (unpaired) electrons. The van der Waals surface area contributed by atoms with E-state index >= 15 is 0 Å². The first-order valence-electron chi connectivity index (χ1n) is 9.47. The maximum absolute atomic E-state index is 12.1. The third kappa shape index (κ3) is 4.37. The average Bonchev–Trinajstić information content (AvgIpc) is 3.11. The molecular formula is C23H27NO4. The lowest BCUT2D eigenvalue weighted by Crippen LogP contribution is -2.38. The lowest BCUT2D eigenvalue weighted by atomic mass is 9.91. The van der Waals surface area contributed by atoms with Crippen LogP contribution in [-0.2, 0) is 11.3 Å². The van der Waals surface area contributed by atoms with Gasteiger partial charge in [-0.3, -0.25) is 9.69 Å². The van der Waals surface area contributed by atoms with Gasteiger partial charge in [-0.15, -0.1) is 0 Å². The zero-order chi connectivity index (χ0) is 20.1. The van der Waals surface area contributed by atoms with Crippen LogP contribution in [0.1, 0.15) is 29.0 Å². The Morgan fingerprint density at radius 2 is 2.00 bits per heavy atom. The van der Waals surface area contributed by atoms with Gasteiger partial charge >= 0.3 is 5.97 Å². The largest absolute Gasteiger partial charge is 0.493 e. The van der Waals surface area contributed by atoms with Crippen molar-refractivity contribution in [3.8, 4) is 11.5 Å². The Morgan fingerprint density at radius 3 is 2.64 bits per heavy atom.